The number of piperazine rings is 1. The van der Waals surface area contributed by atoms with Crippen LogP contribution in [0.2, 0.25) is 0 Å². The summed E-state index contributed by atoms with van der Waals surface area (Å²) >= 11 is 5.73. The molecule has 0 aliphatic carbocycles. The van der Waals surface area contributed by atoms with Gasteiger partial charge in [0.15, 0.2) is 0 Å². The number of nitrogens with one attached hydrogen (secondary N) is 1. The van der Waals surface area contributed by atoms with Gasteiger partial charge >= 0.3 is 0 Å². The predicted octanol–water partition coefficient (Wildman–Crippen LogP) is 3.67. The molecule has 1 aliphatic rings. The highest BCUT2D eigenvalue weighted by Crippen LogP contribution is 2.16. The van der Waals surface area contributed by atoms with E-state index in [0.717, 1.165) is 32.0 Å². The molecule has 2 nitrogen and oxygen atoms in total. The van der Waals surface area contributed by atoms with Crippen LogP contribution in [0.4, 0.5) is 0 Å². The van der Waals surface area contributed by atoms with Gasteiger partial charge in [0.05, 0.1) is 0 Å². The van der Waals surface area contributed by atoms with Crippen molar-refractivity contribution in [1.29, 1.82) is 0 Å². The van der Waals surface area contributed by atoms with Gasteiger partial charge in [-0.1, -0.05) is 61.9 Å². The first-order chi connectivity index (χ1) is 10.2. The van der Waals surface area contributed by atoms with Crippen molar-refractivity contribution in [2.75, 3.05) is 19.6 Å². The van der Waals surface area contributed by atoms with E-state index in [2.05, 4.69) is 60.5 Å². The van der Waals surface area contributed by atoms with Gasteiger partial charge in [-0.25, -0.2) is 0 Å². The summed E-state index contributed by atoms with van der Waals surface area (Å²) < 4.78 is 0. The van der Waals surface area contributed by atoms with Crippen LogP contribution in [-0.4, -0.2) is 36.6 Å². The molecule has 0 aromatic heterocycles. The standard InChI is InChI=1S/C18H27ClN2/c1-15(2)11-17-14-21(10-6-9-19)18(13-20-17)12-16-7-4-3-5-8-16/h3-9,15,17-18,20H,10-14H2,1-2H3/b9-6+. The Hall–Kier alpha value is -0.830. The molecule has 1 aliphatic heterocycles. The van der Waals surface area contributed by atoms with E-state index in [4.69, 9.17) is 11.6 Å². The van der Waals surface area contributed by atoms with Crippen LogP contribution in [0.25, 0.3) is 0 Å². The van der Waals surface area contributed by atoms with Gasteiger partial charge in [-0.05, 0) is 24.3 Å². The molecule has 2 rings (SSSR count). The molecular formula is C18H27ClN2. The van der Waals surface area contributed by atoms with E-state index in [-0.39, 0.29) is 0 Å². The first kappa shape index (κ1) is 16.5. The fourth-order valence-corrected chi connectivity index (χ4v) is 3.22. The topological polar surface area (TPSA) is 15.3 Å². The van der Waals surface area contributed by atoms with Crippen molar-refractivity contribution in [2.24, 2.45) is 5.92 Å². The average molecular weight is 307 g/mol. The van der Waals surface area contributed by atoms with Crippen molar-refractivity contribution in [3.05, 3.63) is 47.5 Å². The van der Waals surface area contributed by atoms with E-state index in [1.165, 1.54) is 12.0 Å². The average Bonchev–Trinajstić information content (AvgIpc) is 2.48. The molecular weight excluding hydrogens is 280 g/mol. The summed E-state index contributed by atoms with van der Waals surface area (Å²) in [4.78, 5) is 2.56. The van der Waals surface area contributed by atoms with Gasteiger partial charge < -0.3 is 5.32 Å². The second-order valence-corrected chi connectivity index (χ2v) is 6.65. The Balaban J connectivity index is 1.98. The quantitative estimate of drug-likeness (QED) is 0.862. The summed E-state index contributed by atoms with van der Waals surface area (Å²) in [7, 11) is 0. The van der Waals surface area contributed by atoms with Crippen LogP contribution in [0.1, 0.15) is 25.8 Å². The van der Waals surface area contributed by atoms with Crippen LogP contribution in [-0.2, 0) is 6.42 Å². The minimum atomic E-state index is 0.545. The maximum Gasteiger partial charge on any atom is 0.0265 e. The lowest BCUT2D eigenvalue weighted by Crippen LogP contribution is -2.57. The highest BCUT2D eigenvalue weighted by atomic mass is 35.5. The van der Waals surface area contributed by atoms with Crippen molar-refractivity contribution in [2.45, 2.75) is 38.8 Å². The molecule has 1 heterocycles. The maximum absolute atomic E-state index is 5.73. The van der Waals surface area contributed by atoms with Gasteiger partial charge in [-0.2, -0.15) is 0 Å². The Morgan fingerprint density at radius 1 is 1.33 bits per heavy atom. The minimum absolute atomic E-state index is 0.545. The zero-order valence-electron chi connectivity index (χ0n) is 13.1. The molecule has 3 heteroatoms. The van der Waals surface area contributed by atoms with Crippen LogP contribution in [0, 0.1) is 5.92 Å². The first-order valence-corrected chi connectivity index (χ1v) is 8.39. The van der Waals surface area contributed by atoms with Gasteiger partial charge in [0.25, 0.3) is 0 Å². The SMILES string of the molecule is CC(C)CC1CN(C/C=C/Cl)C(Cc2ccccc2)CN1. The largest absolute Gasteiger partial charge is 0.311 e. The lowest BCUT2D eigenvalue weighted by Gasteiger charge is -2.40. The van der Waals surface area contributed by atoms with E-state index in [0.29, 0.717) is 12.1 Å². The Bertz CT molecular complexity index is 430. The molecule has 0 bridgehead atoms. The van der Waals surface area contributed by atoms with Crippen molar-refractivity contribution in [3.8, 4) is 0 Å². The normalized spacial score (nSPS) is 24.0. The molecule has 0 spiro atoms. The van der Waals surface area contributed by atoms with Crippen molar-refractivity contribution in [1.82, 2.24) is 10.2 Å². The van der Waals surface area contributed by atoms with E-state index < -0.39 is 0 Å². The number of hydrogen-bond donors (Lipinski definition) is 1. The molecule has 0 radical (unpaired) electrons. The van der Waals surface area contributed by atoms with Crippen LogP contribution in [0.3, 0.4) is 0 Å². The molecule has 0 saturated carbocycles. The van der Waals surface area contributed by atoms with Gasteiger partial charge in [0.2, 0.25) is 0 Å². The van der Waals surface area contributed by atoms with Gasteiger partial charge in [0.1, 0.15) is 0 Å². The Kier molecular flexibility index (Phi) is 6.75. The van der Waals surface area contributed by atoms with Crippen LogP contribution in [0.5, 0.6) is 0 Å². The van der Waals surface area contributed by atoms with E-state index in [1.54, 1.807) is 5.54 Å². The second-order valence-electron chi connectivity index (χ2n) is 6.39. The smallest absolute Gasteiger partial charge is 0.0265 e. The fourth-order valence-electron chi connectivity index (χ4n) is 3.14. The summed E-state index contributed by atoms with van der Waals surface area (Å²) in [6, 6.07) is 11.9. The van der Waals surface area contributed by atoms with Crippen LogP contribution in [0.15, 0.2) is 41.9 Å². The van der Waals surface area contributed by atoms with Crippen molar-refractivity contribution < 1.29 is 0 Å². The molecule has 1 N–H and O–H groups in total. The van der Waals surface area contributed by atoms with E-state index in [1.807, 2.05) is 0 Å². The molecule has 21 heavy (non-hydrogen) atoms. The number of rotatable bonds is 6. The van der Waals surface area contributed by atoms with E-state index in [9.17, 15) is 0 Å². The predicted molar refractivity (Wildman–Crippen MR) is 91.7 cm³/mol. The third-order valence-electron chi connectivity index (χ3n) is 4.11. The highest BCUT2D eigenvalue weighted by Gasteiger charge is 2.27. The number of nitrogens with zero attached hydrogens (tertiary/aromatic N) is 1. The number of benzene rings is 1. The summed E-state index contributed by atoms with van der Waals surface area (Å²) in [5.74, 6) is 0.735. The number of halogens is 1. The third-order valence-corrected chi connectivity index (χ3v) is 4.29. The van der Waals surface area contributed by atoms with Crippen LogP contribution >= 0.6 is 11.6 Å². The minimum Gasteiger partial charge on any atom is -0.311 e. The molecule has 2 atom stereocenters. The zero-order chi connectivity index (χ0) is 15.1. The summed E-state index contributed by atoms with van der Waals surface area (Å²) in [6.45, 7) is 7.69. The van der Waals surface area contributed by atoms with Gasteiger partial charge in [0, 0.05) is 37.3 Å². The Labute approximate surface area is 134 Å². The molecule has 1 saturated heterocycles. The molecule has 116 valence electrons. The summed E-state index contributed by atoms with van der Waals surface area (Å²) in [6.07, 6.45) is 4.38. The maximum atomic E-state index is 5.73. The van der Waals surface area contributed by atoms with Crippen LogP contribution < -0.4 is 5.32 Å². The lowest BCUT2D eigenvalue weighted by atomic mass is 9.97. The van der Waals surface area contributed by atoms with E-state index >= 15 is 0 Å². The molecule has 0 amide bonds. The van der Waals surface area contributed by atoms with Gasteiger partial charge in [-0.15, -0.1) is 0 Å². The molecule has 1 aromatic carbocycles. The molecule has 1 fully saturated rings. The zero-order valence-corrected chi connectivity index (χ0v) is 13.9. The Morgan fingerprint density at radius 3 is 2.76 bits per heavy atom. The van der Waals surface area contributed by atoms with Gasteiger partial charge in [-0.3, -0.25) is 4.90 Å². The summed E-state index contributed by atoms with van der Waals surface area (Å²) in [5.41, 5.74) is 3.05. The summed E-state index contributed by atoms with van der Waals surface area (Å²) in [5, 5.41) is 3.73. The lowest BCUT2D eigenvalue weighted by molar-refractivity contribution is 0.135. The fraction of sp³-hybridized carbons (Fsp3) is 0.556. The third kappa shape index (κ3) is 5.46. The highest BCUT2D eigenvalue weighted by molar-refractivity contribution is 6.25. The van der Waals surface area contributed by atoms with Crippen molar-refractivity contribution in [3.63, 3.8) is 0 Å². The molecule has 2 unspecified atom stereocenters. The second kappa shape index (κ2) is 8.57. The molecule has 1 aromatic rings. The monoisotopic (exact) mass is 306 g/mol. The first-order valence-electron chi connectivity index (χ1n) is 7.95. The number of hydrogen-bond acceptors (Lipinski definition) is 2. The Morgan fingerprint density at radius 2 is 2.10 bits per heavy atom. The van der Waals surface area contributed by atoms with Crippen molar-refractivity contribution >= 4 is 11.6 Å².